The summed E-state index contributed by atoms with van der Waals surface area (Å²) in [6.45, 7) is 16.4. The van der Waals surface area contributed by atoms with E-state index in [-0.39, 0.29) is 90.7 Å². The van der Waals surface area contributed by atoms with Crippen molar-refractivity contribution in [3.63, 3.8) is 0 Å². The highest BCUT2D eigenvalue weighted by molar-refractivity contribution is 7.81. The molecule has 16 nitrogen and oxygen atoms in total. The number of hydrogen-bond donors (Lipinski definition) is 3. The molecular weight excluding hydrogens is 887 g/mol. The molecule has 0 radical (unpaired) electrons. The molecule has 1 aromatic rings. The predicted octanol–water partition coefficient (Wildman–Crippen LogP) is 5.37. The fraction of sp³-hybridized carbons (Fsp3) is 0.725. The maximum Gasteiger partial charge on any atom is 0.242 e. The SMILES string of the molecule is CC[C@H](C)[C@@H]([C@@H](CC(=O)N1CCC[C@H]1[C@H](OC)[C@@H](C)C(=O)N[C@H](C)/C(=N\NC(=O)CCCCCN1C(=O)CC(S)C1=O)c1ccccc1)OC)N(C)C(=O)[C@@H](CC(=O)[C@H](C(C)C)N(C)C)C(C)C. The number of hydrazone groups is 1. The number of benzene rings is 1. The van der Waals surface area contributed by atoms with Crippen LogP contribution in [0.3, 0.4) is 0 Å². The predicted molar refractivity (Wildman–Crippen MR) is 268 cm³/mol. The molecular formula is C51H83N7O9S. The number of carbonyl (C=O) groups excluding carboxylic acids is 7. The Kier molecular flexibility index (Phi) is 23.8. The molecule has 0 saturated carbocycles. The van der Waals surface area contributed by atoms with Crippen molar-refractivity contribution in [2.45, 2.75) is 161 Å². The molecule has 3 rings (SSSR count). The molecule has 10 atom stereocenters. The maximum absolute atomic E-state index is 14.4. The molecule has 2 N–H and O–H groups in total. The van der Waals surface area contributed by atoms with Crippen LogP contribution in [-0.2, 0) is 43.0 Å². The van der Waals surface area contributed by atoms with E-state index in [4.69, 9.17) is 9.47 Å². The summed E-state index contributed by atoms with van der Waals surface area (Å²) < 4.78 is 12.1. The molecule has 2 fully saturated rings. The Morgan fingerprint density at radius 3 is 2.10 bits per heavy atom. The van der Waals surface area contributed by atoms with E-state index in [1.807, 2.05) is 83.9 Å². The van der Waals surface area contributed by atoms with E-state index in [9.17, 15) is 33.6 Å². The first-order valence-electron chi connectivity index (χ1n) is 24.7. The van der Waals surface area contributed by atoms with Gasteiger partial charge in [0.2, 0.25) is 35.4 Å². The summed E-state index contributed by atoms with van der Waals surface area (Å²) in [6.07, 6.45) is 2.96. The van der Waals surface area contributed by atoms with Crippen LogP contribution in [0.15, 0.2) is 35.4 Å². The number of methoxy groups -OCH3 is 2. The van der Waals surface area contributed by atoms with E-state index < -0.39 is 47.4 Å². The first-order chi connectivity index (χ1) is 32.1. The van der Waals surface area contributed by atoms with Gasteiger partial charge in [-0.05, 0) is 70.0 Å². The minimum absolute atomic E-state index is 0.00896. The van der Waals surface area contributed by atoms with Crippen LogP contribution in [0.1, 0.15) is 125 Å². The molecule has 2 aliphatic heterocycles. The maximum atomic E-state index is 14.4. The average molecular weight is 970 g/mol. The van der Waals surface area contributed by atoms with Gasteiger partial charge >= 0.3 is 0 Å². The standard InChI is InChI=1S/C51H83N7O9S/c1-14-33(6)47(56(11)50(64)37(31(2)3)28-39(59)46(32(4)5)55(9)10)40(66-12)29-43(61)57-27-21-24-38(57)48(67-13)34(7)49(63)52-35(8)45(36-22-17-15-18-23-36)54-53-42(60)25-19-16-20-26-58-44(62)30-41(68)51(58)65/h15,17-18,22-23,31-35,37-38,40-41,46-48,68H,14,16,19-21,24-30H2,1-13H3,(H,52,63)(H,53,60)/b54-45+/t33-,34+,35+,37-,38-,40+,41?,46-,47-,48+/m0/s1. The molecule has 6 amide bonds. The first-order valence-corrected chi connectivity index (χ1v) is 25.2. The number of amides is 6. The van der Waals surface area contributed by atoms with Crippen molar-refractivity contribution in [2.24, 2.45) is 34.7 Å². The fourth-order valence-corrected chi connectivity index (χ4v) is 10.3. The van der Waals surface area contributed by atoms with Gasteiger partial charge in [0.15, 0.2) is 5.78 Å². The second-order valence-electron chi connectivity index (χ2n) is 19.8. The third kappa shape index (κ3) is 15.7. The molecule has 1 aromatic carbocycles. The van der Waals surface area contributed by atoms with Crippen LogP contribution in [0, 0.1) is 29.6 Å². The van der Waals surface area contributed by atoms with Crippen molar-refractivity contribution in [1.82, 2.24) is 30.3 Å². The number of likely N-dealkylation sites (N-methyl/N-ethyl adjacent to an activating group) is 2. The number of unbranched alkanes of at least 4 members (excludes halogenated alkanes) is 2. The Hall–Kier alpha value is -4.19. The Balaban J connectivity index is 1.71. The van der Waals surface area contributed by atoms with E-state index in [2.05, 4.69) is 35.4 Å². The highest BCUT2D eigenvalue weighted by atomic mass is 32.1. The second kappa shape index (κ2) is 27.9. The van der Waals surface area contributed by atoms with Gasteiger partial charge in [-0.2, -0.15) is 17.7 Å². The van der Waals surface area contributed by atoms with Crippen LogP contribution in [0.5, 0.6) is 0 Å². The molecule has 2 saturated heterocycles. The van der Waals surface area contributed by atoms with E-state index in [1.54, 1.807) is 44.9 Å². The monoisotopic (exact) mass is 970 g/mol. The van der Waals surface area contributed by atoms with Gasteiger partial charge in [0, 0.05) is 59.5 Å². The number of nitrogens with zero attached hydrogens (tertiary/aromatic N) is 5. The third-order valence-corrected chi connectivity index (χ3v) is 14.4. The average Bonchev–Trinajstić information content (AvgIpc) is 3.87. The lowest BCUT2D eigenvalue weighted by atomic mass is 9.83. The Morgan fingerprint density at radius 1 is 0.897 bits per heavy atom. The van der Waals surface area contributed by atoms with E-state index in [0.717, 1.165) is 12.8 Å². The minimum atomic E-state index is -0.689. The van der Waals surface area contributed by atoms with Crippen LogP contribution in [0.25, 0.3) is 0 Å². The van der Waals surface area contributed by atoms with Crippen LogP contribution in [0.2, 0.25) is 0 Å². The summed E-state index contributed by atoms with van der Waals surface area (Å²) in [7, 11) is 8.65. The van der Waals surface area contributed by atoms with Gasteiger partial charge in [0.05, 0.1) is 59.7 Å². The molecule has 1 unspecified atom stereocenters. The molecule has 2 heterocycles. The van der Waals surface area contributed by atoms with E-state index in [0.29, 0.717) is 50.0 Å². The number of nitrogens with one attached hydrogen (secondary N) is 2. The Bertz CT molecular complexity index is 1870. The van der Waals surface area contributed by atoms with Crippen molar-refractivity contribution in [2.75, 3.05) is 48.5 Å². The lowest BCUT2D eigenvalue weighted by Crippen LogP contribution is -2.55. The van der Waals surface area contributed by atoms with Crippen LogP contribution < -0.4 is 10.7 Å². The summed E-state index contributed by atoms with van der Waals surface area (Å²) in [5.74, 6) is -2.65. The second-order valence-corrected chi connectivity index (χ2v) is 20.4. The van der Waals surface area contributed by atoms with Gasteiger partial charge < -0.3 is 24.6 Å². The molecule has 0 aliphatic carbocycles. The Morgan fingerprint density at radius 2 is 1.56 bits per heavy atom. The summed E-state index contributed by atoms with van der Waals surface area (Å²) in [6, 6.07) is 7.46. The molecule has 0 aromatic heterocycles. The van der Waals surface area contributed by atoms with Gasteiger partial charge in [-0.3, -0.25) is 43.4 Å². The van der Waals surface area contributed by atoms with Crippen molar-refractivity contribution in [3.8, 4) is 0 Å². The number of Topliss-reactive ketones (excluding diaryl/α,β-unsaturated/α-hetero) is 1. The van der Waals surface area contributed by atoms with Gasteiger partial charge in [-0.1, -0.05) is 91.6 Å². The number of rotatable bonds is 28. The number of thiol groups is 1. The van der Waals surface area contributed by atoms with Crippen molar-refractivity contribution in [1.29, 1.82) is 0 Å². The largest absolute Gasteiger partial charge is 0.379 e. The van der Waals surface area contributed by atoms with Crippen molar-refractivity contribution < 1.29 is 43.0 Å². The summed E-state index contributed by atoms with van der Waals surface area (Å²) in [5.41, 5.74) is 3.80. The number of ketones is 1. The normalized spacial score (nSPS) is 20.3. The van der Waals surface area contributed by atoms with Gasteiger partial charge in [-0.15, -0.1) is 0 Å². The van der Waals surface area contributed by atoms with Gasteiger partial charge in [0.1, 0.15) is 0 Å². The quantitative estimate of drug-likeness (QED) is 0.0324. The van der Waals surface area contributed by atoms with Crippen LogP contribution in [-0.4, -0.2) is 157 Å². The smallest absolute Gasteiger partial charge is 0.242 e. The molecule has 0 spiro atoms. The van der Waals surface area contributed by atoms with E-state index >= 15 is 0 Å². The molecule has 0 bridgehead atoms. The van der Waals surface area contributed by atoms with Gasteiger partial charge in [0.25, 0.3) is 0 Å². The highest BCUT2D eigenvalue weighted by Gasteiger charge is 2.43. The fourth-order valence-electron chi connectivity index (χ4n) is 10.0. The van der Waals surface area contributed by atoms with Crippen LogP contribution >= 0.6 is 12.6 Å². The third-order valence-electron chi connectivity index (χ3n) is 14.0. The highest BCUT2D eigenvalue weighted by Crippen LogP contribution is 2.31. The number of hydrogen-bond acceptors (Lipinski definition) is 12. The number of likely N-dealkylation sites (tertiary alicyclic amines) is 2. The summed E-state index contributed by atoms with van der Waals surface area (Å²) in [5, 5.41) is 6.96. The summed E-state index contributed by atoms with van der Waals surface area (Å²) in [4.78, 5) is 100. The van der Waals surface area contributed by atoms with Crippen molar-refractivity contribution in [3.05, 3.63) is 35.9 Å². The summed E-state index contributed by atoms with van der Waals surface area (Å²) >= 11 is 4.16. The molecule has 382 valence electrons. The molecule has 17 heteroatoms. The zero-order valence-corrected chi connectivity index (χ0v) is 44.1. The first kappa shape index (κ1) is 58.1. The lowest BCUT2D eigenvalue weighted by molar-refractivity contribution is -0.149. The topological polar surface area (TPSA) is 187 Å². The van der Waals surface area contributed by atoms with Gasteiger partial charge in [-0.25, -0.2) is 5.43 Å². The zero-order chi connectivity index (χ0) is 51.0. The van der Waals surface area contributed by atoms with Crippen molar-refractivity contribution >= 4 is 59.6 Å². The number of ether oxygens (including phenoxy) is 2. The number of carbonyl (C=O) groups is 7. The Labute approximate surface area is 411 Å². The number of imide groups is 1. The minimum Gasteiger partial charge on any atom is -0.379 e. The zero-order valence-electron chi connectivity index (χ0n) is 43.2. The molecule has 68 heavy (non-hydrogen) atoms. The lowest BCUT2D eigenvalue weighted by Gasteiger charge is -2.41. The molecule has 2 aliphatic rings. The van der Waals surface area contributed by atoms with E-state index in [1.165, 1.54) is 4.90 Å². The van der Waals surface area contributed by atoms with Crippen LogP contribution in [0.4, 0.5) is 0 Å².